The predicted molar refractivity (Wildman–Crippen MR) is 75.5 cm³/mol. The number of hydrogen-bond acceptors (Lipinski definition) is 2. The molecule has 1 atom stereocenters. The summed E-state index contributed by atoms with van der Waals surface area (Å²) in [6.45, 7) is 3.64. The number of nitrogens with one attached hydrogen (secondary N) is 1. The molecule has 2 amide bonds. The number of carboxylic acid groups (broad SMARTS) is 1. The SMILES string of the molecule is CC1CCN(C(=O)Nc2ccc(C(=O)O)cc2Br)C1. The summed E-state index contributed by atoms with van der Waals surface area (Å²) >= 11 is 3.27. The summed E-state index contributed by atoms with van der Waals surface area (Å²) in [5, 5.41) is 11.7. The van der Waals surface area contributed by atoms with Crippen LogP contribution in [0.1, 0.15) is 23.7 Å². The summed E-state index contributed by atoms with van der Waals surface area (Å²) in [5.74, 6) is -0.462. The lowest BCUT2D eigenvalue weighted by Crippen LogP contribution is -2.32. The van der Waals surface area contributed by atoms with E-state index in [0.717, 1.165) is 19.5 Å². The fraction of sp³-hybridized carbons (Fsp3) is 0.385. The van der Waals surface area contributed by atoms with Gasteiger partial charge in [-0.05, 0) is 46.5 Å². The minimum Gasteiger partial charge on any atom is -0.478 e. The Hall–Kier alpha value is -1.56. The third kappa shape index (κ3) is 3.26. The van der Waals surface area contributed by atoms with Crippen molar-refractivity contribution in [2.45, 2.75) is 13.3 Å². The molecule has 1 aromatic rings. The number of anilines is 1. The van der Waals surface area contributed by atoms with Gasteiger partial charge >= 0.3 is 12.0 Å². The Morgan fingerprint density at radius 1 is 1.47 bits per heavy atom. The van der Waals surface area contributed by atoms with Gasteiger partial charge < -0.3 is 15.3 Å². The Balaban J connectivity index is 2.07. The number of amides is 2. The molecule has 0 bridgehead atoms. The van der Waals surface area contributed by atoms with Gasteiger partial charge in [-0.15, -0.1) is 0 Å². The van der Waals surface area contributed by atoms with E-state index in [1.165, 1.54) is 12.1 Å². The highest BCUT2D eigenvalue weighted by Crippen LogP contribution is 2.25. The van der Waals surface area contributed by atoms with Gasteiger partial charge in [-0.1, -0.05) is 6.92 Å². The average Bonchev–Trinajstić information content (AvgIpc) is 2.78. The molecule has 0 saturated carbocycles. The molecule has 1 fully saturated rings. The molecule has 5 nitrogen and oxygen atoms in total. The lowest BCUT2D eigenvalue weighted by atomic mass is 10.2. The number of carboxylic acids is 1. The highest BCUT2D eigenvalue weighted by atomic mass is 79.9. The molecular weight excluding hydrogens is 312 g/mol. The minimum absolute atomic E-state index is 0.145. The van der Waals surface area contributed by atoms with E-state index in [1.54, 1.807) is 11.0 Å². The molecule has 0 aromatic heterocycles. The Labute approximate surface area is 119 Å². The molecule has 1 aromatic carbocycles. The second kappa shape index (κ2) is 5.61. The first-order valence-corrected chi connectivity index (χ1v) is 6.85. The Bertz CT molecular complexity index is 519. The number of halogens is 1. The van der Waals surface area contributed by atoms with Crippen molar-refractivity contribution in [3.63, 3.8) is 0 Å². The number of benzene rings is 1. The van der Waals surface area contributed by atoms with Gasteiger partial charge in [-0.3, -0.25) is 0 Å². The maximum atomic E-state index is 12.0. The second-order valence-electron chi connectivity index (χ2n) is 4.77. The smallest absolute Gasteiger partial charge is 0.335 e. The van der Waals surface area contributed by atoms with Crippen molar-refractivity contribution in [2.75, 3.05) is 18.4 Å². The van der Waals surface area contributed by atoms with Gasteiger partial charge in [0.2, 0.25) is 0 Å². The van der Waals surface area contributed by atoms with Gasteiger partial charge in [0.15, 0.2) is 0 Å². The second-order valence-corrected chi connectivity index (χ2v) is 5.62. The summed E-state index contributed by atoms with van der Waals surface area (Å²) in [4.78, 5) is 24.6. The average molecular weight is 327 g/mol. The molecular formula is C13H15BrN2O3. The molecule has 1 heterocycles. The van der Waals surface area contributed by atoms with Crippen LogP contribution in [0.3, 0.4) is 0 Å². The Morgan fingerprint density at radius 2 is 2.21 bits per heavy atom. The minimum atomic E-state index is -0.994. The number of carbonyl (C=O) groups excluding carboxylic acids is 1. The number of nitrogens with zero attached hydrogens (tertiary/aromatic N) is 1. The fourth-order valence-corrected chi connectivity index (χ4v) is 2.54. The summed E-state index contributed by atoms with van der Waals surface area (Å²) in [5.41, 5.74) is 0.759. The zero-order valence-corrected chi connectivity index (χ0v) is 12.1. The standard InChI is InChI=1S/C13H15BrN2O3/c1-8-4-5-16(7-8)13(19)15-11-3-2-9(12(17)18)6-10(11)14/h2-3,6,8H,4-5,7H2,1H3,(H,15,19)(H,17,18). The van der Waals surface area contributed by atoms with Crippen LogP contribution < -0.4 is 5.32 Å². The van der Waals surface area contributed by atoms with E-state index in [-0.39, 0.29) is 11.6 Å². The fourth-order valence-electron chi connectivity index (χ4n) is 2.06. The molecule has 1 unspecified atom stereocenters. The maximum Gasteiger partial charge on any atom is 0.335 e. The van der Waals surface area contributed by atoms with E-state index in [9.17, 15) is 9.59 Å². The molecule has 6 heteroatoms. The lowest BCUT2D eigenvalue weighted by Gasteiger charge is -2.17. The van der Waals surface area contributed by atoms with Crippen molar-refractivity contribution in [3.05, 3.63) is 28.2 Å². The van der Waals surface area contributed by atoms with Crippen LogP contribution in [0.2, 0.25) is 0 Å². The summed E-state index contributed by atoms with van der Waals surface area (Å²) in [6, 6.07) is 4.39. The van der Waals surface area contributed by atoms with Crippen LogP contribution in [-0.4, -0.2) is 35.1 Å². The van der Waals surface area contributed by atoms with Crippen molar-refractivity contribution in [1.29, 1.82) is 0 Å². The molecule has 1 saturated heterocycles. The lowest BCUT2D eigenvalue weighted by molar-refractivity contribution is 0.0697. The summed E-state index contributed by atoms with van der Waals surface area (Å²) in [6.07, 6.45) is 1.02. The highest BCUT2D eigenvalue weighted by Gasteiger charge is 2.23. The van der Waals surface area contributed by atoms with Crippen LogP contribution in [0.15, 0.2) is 22.7 Å². The predicted octanol–water partition coefficient (Wildman–Crippen LogP) is 3.02. The van der Waals surface area contributed by atoms with Gasteiger partial charge in [0.1, 0.15) is 0 Å². The molecule has 1 aliphatic rings. The molecule has 1 aliphatic heterocycles. The van der Waals surface area contributed by atoms with Crippen molar-refractivity contribution >= 4 is 33.6 Å². The normalized spacial score (nSPS) is 18.4. The number of urea groups is 1. The van der Waals surface area contributed by atoms with Crippen molar-refractivity contribution < 1.29 is 14.7 Å². The van der Waals surface area contributed by atoms with E-state index in [1.807, 2.05) is 0 Å². The zero-order valence-electron chi connectivity index (χ0n) is 10.5. The van der Waals surface area contributed by atoms with Gasteiger partial charge in [-0.25, -0.2) is 9.59 Å². The van der Waals surface area contributed by atoms with E-state index in [0.29, 0.717) is 16.1 Å². The maximum absolute atomic E-state index is 12.0. The first kappa shape index (κ1) is 13.9. The quantitative estimate of drug-likeness (QED) is 0.877. The third-order valence-corrected chi connectivity index (χ3v) is 3.82. The molecule has 0 aliphatic carbocycles. The number of rotatable bonds is 2. The number of likely N-dealkylation sites (tertiary alicyclic amines) is 1. The van der Waals surface area contributed by atoms with Gasteiger partial charge in [0.25, 0.3) is 0 Å². The van der Waals surface area contributed by atoms with E-state index < -0.39 is 5.97 Å². The largest absolute Gasteiger partial charge is 0.478 e. The number of aromatic carboxylic acids is 1. The van der Waals surface area contributed by atoms with Crippen molar-refractivity contribution in [2.24, 2.45) is 5.92 Å². The molecule has 2 rings (SSSR count). The van der Waals surface area contributed by atoms with Crippen LogP contribution >= 0.6 is 15.9 Å². The highest BCUT2D eigenvalue weighted by molar-refractivity contribution is 9.10. The number of hydrogen-bond donors (Lipinski definition) is 2. The van der Waals surface area contributed by atoms with Crippen molar-refractivity contribution in [3.8, 4) is 0 Å². The molecule has 2 N–H and O–H groups in total. The molecule has 19 heavy (non-hydrogen) atoms. The van der Waals surface area contributed by atoms with E-state index in [4.69, 9.17) is 5.11 Å². The topological polar surface area (TPSA) is 69.6 Å². The Morgan fingerprint density at radius 3 is 2.74 bits per heavy atom. The van der Waals surface area contributed by atoms with Gasteiger partial charge in [0, 0.05) is 17.6 Å². The summed E-state index contributed by atoms with van der Waals surface area (Å²) in [7, 11) is 0. The summed E-state index contributed by atoms with van der Waals surface area (Å²) < 4.78 is 0.563. The first-order chi connectivity index (χ1) is 8.97. The van der Waals surface area contributed by atoms with Crippen LogP contribution in [-0.2, 0) is 0 Å². The van der Waals surface area contributed by atoms with Crippen LogP contribution in [0, 0.1) is 5.92 Å². The number of carbonyl (C=O) groups is 2. The molecule has 0 radical (unpaired) electrons. The third-order valence-electron chi connectivity index (χ3n) is 3.17. The van der Waals surface area contributed by atoms with Crippen LogP contribution in [0.25, 0.3) is 0 Å². The monoisotopic (exact) mass is 326 g/mol. The van der Waals surface area contributed by atoms with E-state index in [2.05, 4.69) is 28.2 Å². The van der Waals surface area contributed by atoms with Crippen LogP contribution in [0.4, 0.5) is 10.5 Å². The first-order valence-electron chi connectivity index (χ1n) is 6.06. The zero-order chi connectivity index (χ0) is 14.0. The molecule has 102 valence electrons. The van der Waals surface area contributed by atoms with Gasteiger partial charge in [0.05, 0.1) is 11.3 Å². The van der Waals surface area contributed by atoms with Crippen molar-refractivity contribution in [1.82, 2.24) is 4.90 Å². The Kier molecular flexibility index (Phi) is 4.09. The van der Waals surface area contributed by atoms with E-state index >= 15 is 0 Å². The van der Waals surface area contributed by atoms with Gasteiger partial charge in [-0.2, -0.15) is 0 Å². The molecule has 0 spiro atoms. The van der Waals surface area contributed by atoms with Crippen LogP contribution in [0.5, 0.6) is 0 Å².